The Morgan fingerprint density at radius 1 is 0.750 bits per heavy atom. The van der Waals surface area contributed by atoms with Crippen molar-refractivity contribution in [1.29, 1.82) is 0 Å². The molecule has 0 spiro atoms. The molecule has 2 aliphatic rings. The molecule has 0 unspecified atom stereocenters. The van der Waals surface area contributed by atoms with Crippen LogP contribution in [-0.4, -0.2) is 37.4 Å². The van der Waals surface area contributed by atoms with E-state index in [9.17, 15) is 9.59 Å². The van der Waals surface area contributed by atoms with E-state index in [1.54, 1.807) is 0 Å². The van der Waals surface area contributed by atoms with Crippen molar-refractivity contribution in [3.05, 3.63) is 101 Å². The number of hydrogen-bond donors (Lipinski definition) is 0. The van der Waals surface area contributed by atoms with Gasteiger partial charge in [-0.3, -0.25) is 9.59 Å². The van der Waals surface area contributed by atoms with Crippen LogP contribution in [0.3, 0.4) is 0 Å². The number of imide groups is 1. The standard InChI is InChI=1S/C27H25N3O2/c1-28(2)22-12-14-23(15-13-22)30-26(31)24(20-9-4-3-5-10-20)25(27(30)32)29-17-16-19-8-6-7-11-21(19)18-29/h3-15H,16-18H2,1-2H3. The summed E-state index contributed by atoms with van der Waals surface area (Å²) in [5.41, 5.74) is 5.85. The highest BCUT2D eigenvalue weighted by Crippen LogP contribution is 2.37. The van der Waals surface area contributed by atoms with E-state index in [1.165, 1.54) is 16.0 Å². The number of benzene rings is 3. The van der Waals surface area contributed by atoms with Crippen LogP contribution >= 0.6 is 0 Å². The van der Waals surface area contributed by atoms with Crippen LogP contribution in [0, 0.1) is 0 Å². The summed E-state index contributed by atoms with van der Waals surface area (Å²) >= 11 is 0. The average Bonchev–Trinajstić information content (AvgIpc) is 3.09. The first-order valence-electron chi connectivity index (χ1n) is 10.8. The molecule has 0 radical (unpaired) electrons. The van der Waals surface area contributed by atoms with E-state index in [2.05, 4.69) is 17.0 Å². The molecule has 2 aliphatic heterocycles. The zero-order chi connectivity index (χ0) is 22.2. The molecule has 0 aromatic heterocycles. The smallest absolute Gasteiger partial charge is 0.282 e. The van der Waals surface area contributed by atoms with Crippen molar-refractivity contribution in [2.75, 3.05) is 30.4 Å². The molecule has 0 fully saturated rings. The van der Waals surface area contributed by atoms with E-state index in [4.69, 9.17) is 0 Å². The number of carbonyl (C=O) groups excluding carboxylic acids is 2. The van der Waals surface area contributed by atoms with Crippen LogP contribution in [-0.2, 0) is 22.6 Å². The van der Waals surface area contributed by atoms with Crippen molar-refractivity contribution in [1.82, 2.24) is 4.90 Å². The highest BCUT2D eigenvalue weighted by Gasteiger charge is 2.43. The fourth-order valence-corrected chi connectivity index (χ4v) is 4.50. The average molecular weight is 424 g/mol. The Hall–Kier alpha value is -3.86. The molecule has 0 saturated heterocycles. The lowest BCUT2D eigenvalue weighted by Crippen LogP contribution is -2.37. The Morgan fingerprint density at radius 3 is 2.09 bits per heavy atom. The third-order valence-corrected chi connectivity index (χ3v) is 6.19. The molecule has 32 heavy (non-hydrogen) atoms. The number of nitrogens with zero attached hydrogens (tertiary/aromatic N) is 3. The van der Waals surface area contributed by atoms with Crippen LogP contribution in [0.1, 0.15) is 16.7 Å². The molecule has 160 valence electrons. The van der Waals surface area contributed by atoms with E-state index >= 15 is 0 Å². The van der Waals surface area contributed by atoms with Gasteiger partial charge in [0.15, 0.2) is 0 Å². The largest absolute Gasteiger partial charge is 0.378 e. The zero-order valence-corrected chi connectivity index (χ0v) is 18.3. The summed E-state index contributed by atoms with van der Waals surface area (Å²) in [6, 6.07) is 25.3. The topological polar surface area (TPSA) is 43.9 Å². The van der Waals surface area contributed by atoms with Gasteiger partial charge in [-0.1, -0.05) is 54.6 Å². The second-order valence-corrected chi connectivity index (χ2v) is 8.39. The van der Waals surface area contributed by atoms with Crippen molar-refractivity contribution >= 4 is 28.8 Å². The zero-order valence-electron chi connectivity index (χ0n) is 18.3. The predicted octanol–water partition coefficient (Wildman–Crippen LogP) is 4.10. The van der Waals surface area contributed by atoms with Crippen LogP contribution in [0.25, 0.3) is 5.57 Å². The second kappa shape index (κ2) is 8.00. The first-order chi connectivity index (χ1) is 15.5. The van der Waals surface area contributed by atoms with Crippen molar-refractivity contribution in [2.24, 2.45) is 0 Å². The van der Waals surface area contributed by atoms with Gasteiger partial charge < -0.3 is 9.80 Å². The molecule has 5 heteroatoms. The highest BCUT2D eigenvalue weighted by atomic mass is 16.2. The molecular weight excluding hydrogens is 398 g/mol. The number of fused-ring (bicyclic) bond motifs is 1. The third-order valence-electron chi connectivity index (χ3n) is 6.19. The lowest BCUT2D eigenvalue weighted by atomic mass is 9.98. The quantitative estimate of drug-likeness (QED) is 0.593. The minimum Gasteiger partial charge on any atom is -0.378 e. The minimum atomic E-state index is -0.271. The summed E-state index contributed by atoms with van der Waals surface area (Å²) in [6.07, 6.45) is 0.848. The molecule has 2 heterocycles. The molecule has 0 bridgehead atoms. The number of carbonyl (C=O) groups is 2. The van der Waals surface area contributed by atoms with E-state index in [0.29, 0.717) is 30.0 Å². The van der Waals surface area contributed by atoms with Gasteiger partial charge in [0.25, 0.3) is 11.8 Å². The molecule has 0 atom stereocenters. The molecule has 3 aromatic carbocycles. The van der Waals surface area contributed by atoms with E-state index in [1.807, 2.05) is 85.7 Å². The van der Waals surface area contributed by atoms with Crippen LogP contribution in [0.15, 0.2) is 84.6 Å². The predicted molar refractivity (Wildman–Crippen MR) is 127 cm³/mol. The summed E-state index contributed by atoms with van der Waals surface area (Å²) < 4.78 is 0. The maximum absolute atomic E-state index is 13.7. The Labute approximate surface area is 188 Å². The molecular formula is C27H25N3O2. The van der Waals surface area contributed by atoms with Gasteiger partial charge in [-0.2, -0.15) is 0 Å². The maximum atomic E-state index is 13.7. The maximum Gasteiger partial charge on any atom is 0.282 e. The Bertz CT molecular complexity index is 1210. The van der Waals surface area contributed by atoms with Gasteiger partial charge in [-0.05, 0) is 47.4 Å². The number of rotatable bonds is 4. The Balaban J connectivity index is 1.58. The summed E-state index contributed by atoms with van der Waals surface area (Å²) in [6.45, 7) is 1.32. The van der Waals surface area contributed by atoms with Gasteiger partial charge in [0.2, 0.25) is 0 Å². The molecule has 0 N–H and O–H groups in total. The van der Waals surface area contributed by atoms with E-state index in [-0.39, 0.29) is 11.8 Å². The number of anilines is 2. The molecule has 5 rings (SSSR count). The first kappa shape index (κ1) is 20.1. The summed E-state index contributed by atoms with van der Waals surface area (Å²) in [5, 5.41) is 0. The van der Waals surface area contributed by atoms with Crippen molar-refractivity contribution < 1.29 is 9.59 Å². The normalized spacial score (nSPS) is 15.9. The van der Waals surface area contributed by atoms with E-state index in [0.717, 1.165) is 17.7 Å². The summed E-state index contributed by atoms with van der Waals surface area (Å²) in [4.78, 5) is 32.7. The molecule has 5 nitrogen and oxygen atoms in total. The molecule has 0 aliphatic carbocycles. The number of amides is 2. The Kier molecular flexibility index (Phi) is 5.02. The van der Waals surface area contributed by atoms with Crippen molar-refractivity contribution in [3.63, 3.8) is 0 Å². The molecule has 2 amide bonds. The van der Waals surface area contributed by atoms with Gasteiger partial charge in [0, 0.05) is 32.9 Å². The van der Waals surface area contributed by atoms with Gasteiger partial charge in [-0.15, -0.1) is 0 Å². The molecule has 0 saturated carbocycles. The minimum absolute atomic E-state index is 0.258. The Morgan fingerprint density at radius 2 is 1.41 bits per heavy atom. The van der Waals surface area contributed by atoms with Crippen molar-refractivity contribution in [2.45, 2.75) is 13.0 Å². The fourth-order valence-electron chi connectivity index (χ4n) is 4.50. The second-order valence-electron chi connectivity index (χ2n) is 8.39. The van der Waals surface area contributed by atoms with Crippen LogP contribution in [0.5, 0.6) is 0 Å². The summed E-state index contributed by atoms with van der Waals surface area (Å²) in [7, 11) is 3.92. The van der Waals surface area contributed by atoms with Crippen LogP contribution in [0.4, 0.5) is 11.4 Å². The van der Waals surface area contributed by atoms with E-state index < -0.39 is 0 Å². The summed E-state index contributed by atoms with van der Waals surface area (Å²) in [5.74, 6) is -0.529. The van der Waals surface area contributed by atoms with Gasteiger partial charge in [0.1, 0.15) is 5.70 Å². The lowest BCUT2D eigenvalue weighted by molar-refractivity contribution is -0.120. The van der Waals surface area contributed by atoms with Crippen LogP contribution < -0.4 is 9.80 Å². The molecule has 3 aromatic rings. The van der Waals surface area contributed by atoms with Gasteiger partial charge in [-0.25, -0.2) is 4.90 Å². The monoisotopic (exact) mass is 423 g/mol. The van der Waals surface area contributed by atoms with Crippen molar-refractivity contribution in [3.8, 4) is 0 Å². The lowest BCUT2D eigenvalue weighted by Gasteiger charge is -2.31. The van der Waals surface area contributed by atoms with Crippen LogP contribution in [0.2, 0.25) is 0 Å². The van der Waals surface area contributed by atoms with Gasteiger partial charge >= 0.3 is 0 Å². The SMILES string of the molecule is CN(C)c1ccc(N2C(=O)C(c3ccccc3)=C(N3CCc4ccccc4C3)C2=O)cc1. The third kappa shape index (κ3) is 3.36. The first-order valence-corrected chi connectivity index (χ1v) is 10.8. The fraction of sp³-hybridized carbons (Fsp3) is 0.185. The van der Waals surface area contributed by atoms with Gasteiger partial charge in [0.05, 0.1) is 11.3 Å². The highest BCUT2D eigenvalue weighted by molar-refractivity contribution is 6.45. The number of hydrogen-bond acceptors (Lipinski definition) is 4.